The number of fused-ring (bicyclic) bond motifs is 4. The Hall–Kier alpha value is -8.67. The van der Waals surface area contributed by atoms with Gasteiger partial charge in [0.05, 0.1) is 22.4 Å². The van der Waals surface area contributed by atoms with Gasteiger partial charge in [0.25, 0.3) is 0 Å². The maximum atomic E-state index is 6.89. The smallest absolute Gasteiger partial charge is 0.137 e. The second kappa shape index (κ2) is 17.2. The molecular formula is C64H50N4O. The summed E-state index contributed by atoms with van der Waals surface area (Å²) in [7, 11) is 0. The summed E-state index contributed by atoms with van der Waals surface area (Å²) in [6, 6.07) is 82.3. The van der Waals surface area contributed by atoms with E-state index in [1.165, 1.54) is 55.5 Å². The van der Waals surface area contributed by atoms with Crippen molar-refractivity contribution in [2.45, 2.75) is 26.2 Å². The van der Waals surface area contributed by atoms with Crippen molar-refractivity contribution in [1.29, 1.82) is 0 Å². The van der Waals surface area contributed by atoms with Crippen LogP contribution in [-0.2, 0) is 5.41 Å². The number of aromatic nitrogens is 2. The van der Waals surface area contributed by atoms with E-state index in [1.54, 1.807) is 0 Å². The lowest BCUT2D eigenvalue weighted by atomic mass is 9.86. The second-order valence-electron chi connectivity index (χ2n) is 18.8. The van der Waals surface area contributed by atoms with Gasteiger partial charge in [0.2, 0.25) is 0 Å². The van der Waals surface area contributed by atoms with Crippen molar-refractivity contribution in [3.8, 4) is 61.8 Å². The van der Waals surface area contributed by atoms with E-state index in [2.05, 4.69) is 260 Å². The summed E-state index contributed by atoms with van der Waals surface area (Å²) in [5.74, 6) is 2.39. The summed E-state index contributed by atoms with van der Waals surface area (Å²) in [6.45, 7) is 7.35. The molecule has 332 valence electrons. The first-order chi connectivity index (χ1) is 33.9. The third-order valence-electron chi connectivity index (χ3n) is 13.5. The van der Waals surface area contributed by atoms with Gasteiger partial charge >= 0.3 is 0 Å². The SMILES string of the molecule is CC(C)(C)c1ccnc(-n2c3ccc(-c4ccccc4)cc3c3ccc(Oc4cccc(N5CN(c6ccccc6)c6c(-c7c(-c8ccccc8)cccc7-c7ccccc7)cccc65)c4)cc32)c1. The highest BCUT2D eigenvalue weighted by atomic mass is 16.5. The summed E-state index contributed by atoms with van der Waals surface area (Å²) < 4.78 is 9.18. The molecule has 0 amide bonds. The Labute approximate surface area is 403 Å². The Bertz CT molecular complexity index is 3600. The number of benzene rings is 9. The summed E-state index contributed by atoms with van der Waals surface area (Å²) in [4.78, 5) is 9.83. The maximum absolute atomic E-state index is 6.89. The van der Waals surface area contributed by atoms with Gasteiger partial charge in [0.15, 0.2) is 0 Å². The van der Waals surface area contributed by atoms with Crippen LogP contribution in [0.25, 0.3) is 72.1 Å². The van der Waals surface area contributed by atoms with E-state index >= 15 is 0 Å². The van der Waals surface area contributed by atoms with Crippen molar-refractivity contribution in [1.82, 2.24) is 9.55 Å². The molecule has 5 nitrogen and oxygen atoms in total. The number of ether oxygens (including phenoxy) is 1. The molecule has 0 fully saturated rings. The first-order valence-electron chi connectivity index (χ1n) is 23.7. The van der Waals surface area contributed by atoms with Crippen LogP contribution >= 0.6 is 0 Å². The van der Waals surface area contributed by atoms with Crippen LogP contribution < -0.4 is 14.5 Å². The summed E-state index contributed by atoms with van der Waals surface area (Å²) in [5, 5.41) is 2.31. The Balaban J connectivity index is 0.969. The molecule has 2 aromatic heterocycles. The molecule has 3 heterocycles. The topological polar surface area (TPSA) is 33.5 Å². The van der Waals surface area contributed by atoms with Crippen molar-refractivity contribution in [3.05, 3.63) is 242 Å². The minimum atomic E-state index is -0.0382. The van der Waals surface area contributed by atoms with Crippen molar-refractivity contribution in [2.75, 3.05) is 16.5 Å². The highest BCUT2D eigenvalue weighted by Crippen LogP contribution is 2.53. The largest absolute Gasteiger partial charge is 0.457 e. The molecule has 69 heavy (non-hydrogen) atoms. The molecule has 0 N–H and O–H groups in total. The molecule has 0 unspecified atom stereocenters. The standard InChI is InChI=1S/C64H50N4O/c1-64(2,3)48-37-38-65-61(40-48)68-58-36-33-47(44-19-8-4-9-20-44)39-57(58)55-35-34-52(42-60(55)68)69-51-28-16-27-50(41-51)66-43-67(49-25-14-7-15-26-49)63-56(31-18-32-59(63)66)62-53(45-21-10-5-11-22-45)29-17-30-54(62)46-23-12-6-13-24-46/h4-42H,43H2,1-3H3. The number of hydrogen-bond donors (Lipinski definition) is 0. The van der Waals surface area contributed by atoms with Crippen molar-refractivity contribution < 1.29 is 4.74 Å². The first kappa shape index (κ1) is 41.7. The molecule has 0 spiro atoms. The molecule has 12 rings (SSSR count). The molecule has 1 aliphatic rings. The molecule has 0 aliphatic carbocycles. The third-order valence-corrected chi connectivity index (χ3v) is 13.5. The van der Waals surface area contributed by atoms with Crippen LogP contribution in [0.3, 0.4) is 0 Å². The van der Waals surface area contributed by atoms with Crippen LogP contribution in [-0.4, -0.2) is 16.2 Å². The number of anilines is 4. The monoisotopic (exact) mass is 890 g/mol. The number of pyridine rings is 1. The zero-order chi connectivity index (χ0) is 46.5. The van der Waals surface area contributed by atoms with Crippen LogP contribution in [0.5, 0.6) is 11.5 Å². The van der Waals surface area contributed by atoms with E-state index in [9.17, 15) is 0 Å². The highest BCUT2D eigenvalue weighted by molar-refractivity contribution is 6.11. The predicted molar refractivity (Wildman–Crippen MR) is 288 cm³/mol. The van der Waals surface area contributed by atoms with E-state index in [0.717, 1.165) is 56.5 Å². The molecule has 9 aromatic carbocycles. The highest BCUT2D eigenvalue weighted by Gasteiger charge is 2.32. The average molecular weight is 891 g/mol. The van der Waals surface area contributed by atoms with E-state index in [-0.39, 0.29) is 5.41 Å². The Kier molecular flexibility index (Phi) is 10.4. The minimum Gasteiger partial charge on any atom is -0.457 e. The molecule has 1 aliphatic heterocycles. The van der Waals surface area contributed by atoms with E-state index in [1.807, 2.05) is 12.3 Å². The van der Waals surface area contributed by atoms with E-state index in [0.29, 0.717) is 6.67 Å². The summed E-state index contributed by atoms with van der Waals surface area (Å²) in [5.41, 5.74) is 17.3. The number of hydrogen-bond acceptors (Lipinski definition) is 4. The Morgan fingerprint density at radius 1 is 0.435 bits per heavy atom. The fourth-order valence-electron chi connectivity index (χ4n) is 10.1. The lowest BCUT2D eigenvalue weighted by molar-refractivity contribution is 0.483. The number of rotatable bonds is 9. The maximum Gasteiger partial charge on any atom is 0.137 e. The predicted octanol–water partition coefficient (Wildman–Crippen LogP) is 17.2. The van der Waals surface area contributed by atoms with Crippen LogP contribution in [0, 0.1) is 0 Å². The van der Waals surface area contributed by atoms with Gasteiger partial charge in [0, 0.05) is 46.0 Å². The van der Waals surface area contributed by atoms with Gasteiger partial charge in [-0.05, 0) is 117 Å². The lowest BCUT2D eigenvalue weighted by Gasteiger charge is -2.24. The number of para-hydroxylation sites is 2. The molecule has 0 saturated heterocycles. The Morgan fingerprint density at radius 3 is 1.74 bits per heavy atom. The van der Waals surface area contributed by atoms with Crippen molar-refractivity contribution in [3.63, 3.8) is 0 Å². The minimum absolute atomic E-state index is 0.0382. The lowest BCUT2D eigenvalue weighted by Crippen LogP contribution is -2.24. The molecule has 11 aromatic rings. The molecule has 0 bridgehead atoms. The Morgan fingerprint density at radius 2 is 1.04 bits per heavy atom. The molecule has 5 heteroatoms. The van der Waals surface area contributed by atoms with Crippen LogP contribution in [0.4, 0.5) is 22.7 Å². The van der Waals surface area contributed by atoms with Gasteiger partial charge in [-0.3, -0.25) is 4.57 Å². The fraction of sp³-hybridized carbons (Fsp3) is 0.0781. The van der Waals surface area contributed by atoms with Crippen LogP contribution in [0.15, 0.2) is 237 Å². The normalized spacial score (nSPS) is 12.4. The zero-order valence-electron chi connectivity index (χ0n) is 38.9. The molecule has 0 saturated carbocycles. The third kappa shape index (κ3) is 7.68. The van der Waals surface area contributed by atoms with Crippen molar-refractivity contribution in [2.24, 2.45) is 0 Å². The molecule has 0 radical (unpaired) electrons. The van der Waals surface area contributed by atoms with Crippen LogP contribution in [0.2, 0.25) is 0 Å². The van der Waals surface area contributed by atoms with Crippen LogP contribution in [0.1, 0.15) is 26.3 Å². The van der Waals surface area contributed by atoms with Crippen molar-refractivity contribution >= 4 is 44.6 Å². The van der Waals surface area contributed by atoms with Gasteiger partial charge in [0.1, 0.15) is 24.0 Å². The van der Waals surface area contributed by atoms with Gasteiger partial charge in [-0.15, -0.1) is 0 Å². The molecular weight excluding hydrogens is 841 g/mol. The second-order valence-corrected chi connectivity index (χ2v) is 18.8. The van der Waals surface area contributed by atoms with E-state index < -0.39 is 0 Å². The summed E-state index contributed by atoms with van der Waals surface area (Å²) in [6.07, 6.45) is 1.93. The fourth-order valence-corrected chi connectivity index (χ4v) is 10.1. The van der Waals surface area contributed by atoms with E-state index in [4.69, 9.17) is 9.72 Å². The van der Waals surface area contributed by atoms with Gasteiger partial charge in [-0.1, -0.05) is 172 Å². The van der Waals surface area contributed by atoms with Gasteiger partial charge in [-0.2, -0.15) is 0 Å². The van der Waals surface area contributed by atoms with Gasteiger partial charge < -0.3 is 14.5 Å². The average Bonchev–Trinajstić information content (AvgIpc) is 3.95. The molecule has 0 atom stereocenters. The van der Waals surface area contributed by atoms with Gasteiger partial charge in [-0.25, -0.2) is 4.98 Å². The summed E-state index contributed by atoms with van der Waals surface area (Å²) >= 11 is 0. The zero-order valence-corrected chi connectivity index (χ0v) is 38.9. The number of nitrogens with zero attached hydrogens (tertiary/aromatic N) is 4. The first-order valence-corrected chi connectivity index (χ1v) is 23.7. The quantitative estimate of drug-likeness (QED) is 0.145.